The predicted molar refractivity (Wildman–Crippen MR) is 134 cm³/mol. The average molecular weight is 506 g/mol. The van der Waals surface area contributed by atoms with Gasteiger partial charge >= 0.3 is 6.18 Å². The summed E-state index contributed by atoms with van der Waals surface area (Å²) < 4.78 is 45.0. The molecule has 1 amide bonds. The zero-order chi connectivity index (χ0) is 26.2. The number of alkyl halides is 3. The Hall–Kier alpha value is -4.60. The van der Waals surface area contributed by atoms with Crippen LogP contribution in [0.1, 0.15) is 29.7 Å². The number of nitrogens with one attached hydrogen (secondary N) is 3. The van der Waals surface area contributed by atoms with E-state index in [-0.39, 0.29) is 5.57 Å². The van der Waals surface area contributed by atoms with Gasteiger partial charge in [0.15, 0.2) is 0 Å². The van der Waals surface area contributed by atoms with Crippen LogP contribution in [0.5, 0.6) is 5.75 Å². The van der Waals surface area contributed by atoms with Gasteiger partial charge in [0.1, 0.15) is 17.6 Å². The van der Waals surface area contributed by atoms with Gasteiger partial charge in [-0.15, -0.1) is 0 Å². The molecule has 1 unspecified atom stereocenters. The molecule has 3 N–H and O–H groups in total. The topological polar surface area (TPSA) is 91.4 Å². The Bertz CT molecular complexity index is 1540. The number of benzene rings is 3. The van der Waals surface area contributed by atoms with E-state index in [4.69, 9.17) is 9.73 Å². The van der Waals surface area contributed by atoms with Gasteiger partial charge in [0, 0.05) is 16.8 Å². The van der Waals surface area contributed by atoms with Gasteiger partial charge in [-0.1, -0.05) is 24.3 Å². The van der Waals surface area contributed by atoms with Crippen molar-refractivity contribution >= 4 is 28.3 Å². The number of carbonyl (C=O) groups excluding carboxylic acids is 1. The molecule has 5 rings (SSSR count). The van der Waals surface area contributed by atoms with Crippen molar-refractivity contribution in [2.45, 2.75) is 19.1 Å². The molecular formula is C27H22F3N5O2. The number of methoxy groups -OCH3 is 1. The fourth-order valence-corrected chi connectivity index (χ4v) is 4.26. The van der Waals surface area contributed by atoms with Gasteiger partial charge in [0.2, 0.25) is 0 Å². The molecule has 0 radical (unpaired) electrons. The number of allylic oxidation sites excluding steroid dienone is 1. The second-order valence-electron chi connectivity index (χ2n) is 8.49. The molecule has 1 atom stereocenters. The first-order valence-electron chi connectivity index (χ1n) is 11.3. The second-order valence-corrected chi connectivity index (χ2v) is 8.49. The summed E-state index contributed by atoms with van der Waals surface area (Å²) in [4.78, 5) is 18.3. The number of nitrogens with zero attached hydrogens (tertiary/aromatic N) is 2. The van der Waals surface area contributed by atoms with Crippen LogP contribution in [0.4, 0.5) is 18.9 Å². The highest BCUT2D eigenvalue weighted by molar-refractivity contribution is 6.10. The molecule has 2 heterocycles. The van der Waals surface area contributed by atoms with Crippen LogP contribution in [0.2, 0.25) is 0 Å². The van der Waals surface area contributed by atoms with E-state index in [0.717, 1.165) is 23.0 Å². The van der Waals surface area contributed by atoms with E-state index in [1.807, 2.05) is 18.2 Å². The number of amidine groups is 1. The van der Waals surface area contributed by atoms with Gasteiger partial charge in [0.05, 0.1) is 35.5 Å². The first-order valence-corrected chi connectivity index (χ1v) is 11.3. The third kappa shape index (κ3) is 4.77. The Morgan fingerprint density at radius 3 is 2.54 bits per heavy atom. The fourth-order valence-electron chi connectivity index (χ4n) is 4.26. The molecule has 0 fully saturated rings. The van der Waals surface area contributed by atoms with Crippen LogP contribution < -0.4 is 15.4 Å². The van der Waals surface area contributed by atoms with Crippen molar-refractivity contribution in [2.24, 2.45) is 4.99 Å². The minimum atomic E-state index is -4.48. The molecule has 0 spiro atoms. The number of aromatic nitrogens is 2. The van der Waals surface area contributed by atoms with Gasteiger partial charge in [-0.25, -0.2) is 0 Å². The Morgan fingerprint density at radius 1 is 1.05 bits per heavy atom. The summed E-state index contributed by atoms with van der Waals surface area (Å²) in [5, 5.41) is 13.7. The van der Waals surface area contributed by atoms with Gasteiger partial charge in [-0.3, -0.25) is 14.9 Å². The lowest BCUT2D eigenvalue weighted by Crippen LogP contribution is -2.34. The maximum absolute atomic E-state index is 13.5. The lowest BCUT2D eigenvalue weighted by Gasteiger charge is -2.27. The van der Waals surface area contributed by atoms with E-state index in [1.54, 1.807) is 37.4 Å². The van der Waals surface area contributed by atoms with Crippen LogP contribution in [0.25, 0.3) is 10.9 Å². The smallest absolute Gasteiger partial charge is 0.416 e. The summed E-state index contributed by atoms with van der Waals surface area (Å²) in [5.41, 5.74) is 2.49. The number of aliphatic imine (C=N–C) groups is 1. The summed E-state index contributed by atoms with van der Waals surface area (Å²) in [5.74, 6) is 0.575. The fraction of sp³-hybridized carbons (Fsp3) is 0.148. The first kappa shape index (κ1) is 24.1. The van der Waals surface area contributed by atoms with Crippen molar-refractivity contribution in [1.82, 2.24) is 15.5 Å². The molecule has 0 saturated carbocycles. The normalized spacial score (nSPS) is 15.8. The van der Waals surface area contributed by atoms with E-state index < -0.39 is 23.7 Å². The summed E-state index contributed by atoms with van der Waals surface area (Å²) in [7, 11) is 1.54. The summed E-state index contributed by atoms with van der Waals surface area (Å²) in [6, 6.07) is 16.4. The number of aromatic amines is 1. The number of halogens is 3. The lowest BCUT2D eigenvalue weighted by atomic mass is 9.93. The standard InChI is InChI=1S/C27H22F3N5O2/c1-15-23(26(36)33-19-11-12-21-17(13-19)14-31-35-21)24(16-7-9-18(10-8-16)27(28,29)30)34-25(32-15)20-5-3-4-6-22(20)37-2/h3-14,24H,1-2H3,(H,31,35)(H,32,34)(H,33,36). The number of para-hydroxylation sites is 1. The van der Waals surface area contributed by atoms with Crippen molar-refractivity contribution in [3.8, 4) is 5.75 Å². The number of carbonyl (C=O) groups is 1. The zero-order valence-electron chi connectivity index (χ0n) is 19.9. The lowest BCUT2D eigenvalue weighted by molar-refractivity contribution is -0.137. The van der Waals surface area contributed by atoms with Crippen molar-refractivity contribution in [2.75, 3.05) is 12.4 Å². The second kappa shape index (κ2) is 9.45. The summed E-state index contributed by atoms with van der Waals surface area (Å²) in [6.45, 7) is 1.73. The van der Waals surface area contributed by atoms with E-state index in [2.05, 4.69) is 20.8 Å². The third-order valence-corrected chi connectivity index (χ3v) is 6.10. The first-order chi connectivity index (χ1) is 17.7. The van der Waals surface area contributed by atoms with E-state index in [0.29, 0.717) is 34.1 Å². The number of H-pyrrole nitrogens is 1. The number of amides is 1. The molecule has 1 aromatic heterocycles. The number of rotatable bonds is 5. The number of fused-ring (bicyclic) bond motifs is 1. The maximum atomic E-state index is 13.5. The minimum Gasteiger partial charge on any atom is -0.496 e. The predicted octanol–water partition coefficient (Wildman–Crippen LogP) is 5.59. The molecule has 1 aliphatic rings. The Kier molecular flexibility index (Phi) is 6.16. The van der Waals surface area contributed by atoms with Crippen molar-refractivity contribution < 1.29 is 22.7 Å². The van der Waals surface area contributed by atoms with E-state index >= 15 is 0 Å². The molecule has 37 heavy (non-hydrogen) atoms. The number of ether oxygens (including phenoxy) is 1. The summed E-state index contributed by atoms with van der Waals surface area (Å²) in [6.07, 6.45) is -2.83. The molecule has 188 valence electrons. The average Bonchev–Trinajstić information content (AvgIpc) is 3.35. The molecular weight excluding hydrogens is 483 g/mol. The van der Waals surface area contributed by atoms with Crippen LogP contribution in [0, 0.1) is 0 Å². The molecule has 0 aliphatic carbocycles. The van der Waals surface area contributed by atoms with Crippen molar-refractivity contribution in [3.63, 3.8) is 0 Å². The number of hydrogen-bond donors (Lipinski definition) is 3. The van der Waals surface area contributed by atoms with Crippen LogP contribution in [-0.4, -0.2) is 29.0 Å². The monoisotopic (exact) mass is 505 g/mol. The van der Waals surface area contributed by atoms with Gasteiger partial charge in [0.25, 0.3) is 5.91 Å². The van der Waals surface area contributed by atoms with Crippen LogP contribution in [-0.2, 0) is 11.0 Å². The molecule has 1 aliphatic heterocycles. The highest BCUT2D eigenvalue weighted by Gasteiger charge is 2.33. The van der Waals surface area contributed by atoms with Crippen molar-refractivity contribution in [3.05, 3.63) is 101 Å². The minimum absolute atomic E-state index is 0.283. The Labute approximate surface area is 210 Å². The molecule has 3 aromatic carbocycles. The van der Waals surface area contributed by atoms with E-state index in [9.17, 15) is 18.0 Å². The maximum Gasteiger partial charge on any atom is 0.416 e. The van der Waals surface area contributed by atoms with Gasteiger partial charge < -0.3 is 15.4 Å². The number of hydrogen-bond acceptors (Lipinski definition) is 5. The Morgan fingerprint density at radius 2 is 1.81 bits per heavy atom. The Balaban J connectivity index is 1.55. The molecule has 4 aromatic rings. The third-order valence-electron chi connectivity index (χ3n) is 6.10. The number of anilines is 1. The van der Waals surface area contributed by atoms with Crippen LogP contribution >= 0.6 is 0 Å². The quantitative estimate of drug-likeness (QED) is 0.330. The highest BCUT2D eigenvalue weighted by atomic mass is 19.4. The van der Waals surface area contributed by atoms with Gasteiger partial charge in [-0.2, -0.15) is 18.3 Å². The largest absolute Gasteiger partial charge is 0.496 e. The van der Waals surface area contributed by atoms with Crippen molar-refractivity contribution in [1.29, 1.82) is 0 Å². The van der Waals surface area contributed by atoms with Crippen LogP contribution in [0.3, 0.4) is 0 Å². The highest BCUT2D eigenvalue weighted by Crippen LogP contribution is 2.36. The zero-order valence-corrected chi connectivity index (χ0v) is 19.9. The summed E-state index contributed by atoms with van der Waals surface area (Å²) >= 11 is 0. The van der Waals surface area contributed by atoms with E-state index in [1.165, 1.54) is 19.2 Å². The molecule has 0 saturated heterocycles. The SMILES string of the molecule is COc1ccccc1C1=NC(c2ccc(C(F)(F)F)cc2)C(C(=O)Nc2ccc3[nH]ncc3c2)=C(C)N1. The molecule has 10 heteroatoms. The van der Waals surface area contributed by atoms with Crippen LogP contribution in [0.15, 0.2) is 89.2 Å². The molecule has 0 bridgehead atoms. The van der Waals surface area contributed by atoms with Gasteiger partial charge in [-0.05, 0) is 55.0 Å². The molecule has 7 nitrogen and oxygen atoms in total.